The van der Waals surface area contributed by atoms with Crippen LogP contribution in [0.3, 0.4) is 0 Å². The van der Waals surface area contributed by atoms with Crippen molar-refractivity contribution in [2.24, 2.45) is 0 Å². The molecule has 0 saturated heterocycles. The smallest absolute Gasteiger partial charge is 0.143 e. The first kappa shape index (κ1) is 16.2. The van der Waals surface area contributed by atoms with Gasteiger partial charge in [0.2, 0.25) is 0 Å². The fraction of sp³-hybridized carbons (Fsp3) is 0.136. The minimum atomic E-state index is -0.560. The highest BCUT2D eigenvalue weighted by Crippen LogP contribution is 2.36. The van der Waals surface area contributed by atoms with Gasteiger partial charge in [0.25, 0.3) is 0 Å². The first-order valence-electron chi connectivity index (χ1n) is 8.14. The Balaban J connectivity index is 2.26. The normalized spacial score (nSPS) is 11.2. The van der Waals surface area contributed by atoms with Gasteiger partial charge < -0.3 is 0 Å². The van der Waals surface area contributed by atoms with Gasteiger partial charge in [-0.15, -0.1) is 0 Å². The van der Waals surface area contributed by atoms with Crippen molar-refractivity contribution in [3.8, 4) is 0 Å². The molecule has 0 aliphatic carbocycles. The van der Waals surface area contributed by atoms with Crippen LogP contribution in [0.15, 0.2) is 91.0 Å². The monoisotopic (exact) mass is 315 g/mol. The average Bonchev–Trinajstić information content (AvgIpc) is 2.65. The van der Waals surface area contributed by atoms with E-state index in [-0.39, 0.29) is 5.78 Å². The largest absolute Gasteiger partial charge is 0.299 e. The lowest BCUT2D eigenvalue weighted by molar-refractivity contribution is -0.116. The van der Waals surface area contributed by atoms with E-state index in [0.29, 0.717) is 6.54 Å². The second kappa shape index (κ2) is 7.24. The van der Waals surface area contributed by atoms with Crippen molar-refractivity contribution >= 4 is 5.78 Å². The van der Waals surface area contributed by atoms with Crippen LogP contribution in [0.5, 0.6) is 0 Å². The van der Waals surface area contributed by atoms with Gasteiger partial charge in [-0.25, -0.2) is 0 Å². The molecule has 3 rings (SSSR count). The summed E-state index contributed by atoms with van der Waals surface area (Å²) in [5.41, 5.74) is 2.78. The molecule has 0 aliphatic heterocycles. The van der Waals surface area contributed by atoms with Crippen LogP contribution in [0, 0.1) is 0 Å². The van der Waals surface area contributed by atoms with Crippen LogP contribution < -0.4 is 5.32 Å². The van der Waals surface area contributed by atoms with Gasteiger partial charge in [0, 0.05) is 0 Å². The molecule has 0 aliphatic rings. The van der Waals surface area contributed by atoms with E-state index in [1.807, 2.05) is 54.6 Å². The van der Waals surface area contributed by atoms with Gasteiger partial charge >= 0.3 is 0 Å². The summed E-state index contributed by atoms with van der Waals surface area (Å²) in [7, 11) is 0. The third-order valence-corrected chi connectivity index (χ3v) is 4.22. The molecule has 0 spiro atoms. The van der Waals surface area contributed by atoms with Crippen molar-refractivity contribution in [2.75, 3.05) is 6.54 Å². The zero-order valence-electron chi connectivity index (χ0n) is 13.8. The van der Waals surface area contributed by atoms with Gasteiger partial charge in [0.05, 0.1) is 12.1 Å². The Bertz CT molecular complexity index is 685. The molecule has 24 heavy (non-hydrogen) atoms. The molecule has 120 valence electrons. The van der Waals surface area contributed by atoms with E-state index < -0.39 is 5.54 Å². The van der Waals surface area contributed by atoms with E-state index >= 15 is 0 Å². The highest BCUT2D eigenvalue weighted by Gasteiger charge is 2.35. The van der Waals surface area contributed by atoms with Gasteiger partial charge in [-0.05, 0) is 23.6 Å². The molecule has 0 amide bonds. The highest BCUT2D eigenvalue weighted by atomic mass is 16.1. The molecule has 1 N–H and O–H groups in total. The van der Waals surface area contributed by atoms with Crippen LogP contribution in [-0.2, 0) is 10.3 Å². The number of Topliss-reactive ketones (excluding diaryl/α,β-unsaturated/α-hetero) is 1. The summed E-state index contributed by atoms with van der Waals surface area (Å²) in [6, 6.07) is 30.9. The zero-order valence-corrected chi connectivity index (χ0v) is 13.8. The maximum Gasteiger partial charge on any atom is 0.143 e. The molecular formula is C22H21NO. The van der Waals surface area contributed by atoms with Gasteiger partial charge in [-0.1, -0.05) is 91.0 Å². The van der Waals surface area contributed by atoms with Crippen molar-refractivity contribution in [1.82, 2.24) is 5.32 Å². The standard InChI is InChI=1S/C22H21NO/c1-18(24)17-23-22(19-11-5-2-6-12-19,20-13-7-3-8-14-20)21-15-9-4-10-16-21/h2-16,23H,17H2,1H3. The first-order valence-corrected chi connectivity index (χ1v) is 8.14. The Labute approximate surface area is 143 Å². The summed E-state index contributed by atoms with van der Waals surface area (Å²) >= 11 is 0. The lowest BCUT2D eigenvalue weighted by Gasteiger charge is -2.37. The van der Waals surface area contributed by atoms with Crippen LogP contribution in [-0.4, -0.2) is 12.3 Å². The Morgan fingerprint density at radius 2 is 1.04 bits per heavy atom. The Morgan fingerprint density at radius 3 is 1.33 bits per heavy atom. The number of hydrogen-bond acceptors (Lipinski definition) is 2. The Kier molecular flexibility index (Phi) is 4.88. The molecule has 0 aromatic heterocycles. The van der Waals surface area contributed by atoms with Gasteiger partial charge in [0.1, 0.15) is 5.78 Å². The lowest BCUT2D eigenvalue weighted by Crippen LogP contribution is -2.46. The topological polar surface area (TPSA) is 29.1 Å². The van der Waals surface area contributed by atoms with Crippen molar-refractivity contribution in [3.05, 3.63) is 108 Å². The number of ketones is 1. The van der Waals surface area contributed by atoms with Crippen molar-refractivity contribution in [3.63, 3.8) is 0 Å². The minimum absolute atomic E-state index is 0.113. The predicted molar refractivity (Wildman–Crippen MR) is 97.9 cm³/mol. The quantitative estimate of drug-likeness (QED) is 0.692. The summed E-state index contributed by atoms with van der Waals surface area (Å²) in [6.45, 7) is 1.91. The van der Waals surface area contributed by atoms with Crippen LogP contribution >= 0.6 is 0 Å². The molecule has 2 heteroatoms. The summed E-state index contributed by atoms with van der Waals surface area (Å²) < 4.78 is 0. The highest BCUT2D eigenvalue weighted by molar-refractivity contribution is 5.78. The predicted octanol–water partition coefficient (Wildman–Crippen LogP) is 4.16. The van der Waals surface area contributed by atoms with Crippen LogP contribution in [0.1, 0.15) is 23.6 Å². The number of rotatable bonds is 6. The molecule has 0 bridgehead atoms. The number of benzene rings is 3. The fourth-order valence-electron chi connectivity index (χ4n) is 3.13. The van der Waals surface area contributed by atoms with E-state index in [2.05, 4.69) is 41.7 Å². The molecular weight excluding hydrogens is 294 g/mol. The molecule has 2 nitrogen and oxygen atoms in total. The van der Waals surface area contributed by atoms with Crippen molar-refractivity contribution in [1.29, 1.82) is 0 Å². The van der Waals surface area contributed by atoms with Crippen molar-refractivity contribution in [2.45, 2.75) is 12.5 Å². The van der Waals surface area contributed by atoms with Crippen LogP contribution in [0.2, 0.25) is 0 Å². The fourth-order valence-corrected chi connectivity index (χ4v) is 3.13. The van der Waals surface area contributed by atoms with Gasteiger partial charge in [-0.2, -0.15) is 0 Å². The maximum absolute atomic E-state index is 11.7. The molecule has 0 radical (unpaired) electrons. The Morgan fingerprint density at radius 1 is 0.708 bits per heavy atom. The van der Waals surface area contributed by atoms with E-state index in [4.69, 9.17) is 0 Å². The number of nitrogens with one attached hydrogen (secondary N) is 1. The number of hydrogen-bond donors (Lipinski definition) is 1. The molecule has 0 fully saturated rings. The number of carbonyl (C=O) groups is 1. The molecule has 0 unspecified atom stereocenters. The Hall–Kier alpha value is -2.71. The third-order valence-electron chi connectivity index (χ3n) is 4.22. The second-order valence-corrected chi connectivity index (χ2v) is 5.90. The molecule has 0 saturated carbocycles. The second-order valence-electron chi connectivity index (χ2n) is 5.90. The third kappa shape index (κ3) is 3.15. The van der Waals surface area contributed by atoms with Gasteiger partial charge in [0.15, 0.2) is 0 Å². The van der Waals surface area contributed by atoms with E-state index in [9.17, 15) is 4.79 Å². The minimum Gasteiger partial charge on any atom is -0.299 e. The van der Waals surface area contributed by atoms with E-state index in [1.165, 1.54) is 0 Å². The molecule has 0 atom stereocenters. The summed E-state index contributed by atoms with van der Waals surface area (Å²) in [5, 5.41) is 3.53. The maximum atomic E-state index is 11.7. The van der Waals surface area contributed by atoms with Gasteiger partial charge in [-0.3, -0.25) is 10.1 Å². The van der Waals surface area contributed by atoms with E-state index in [0.717, 1.165) is 16.7 Å². The SMILES string of the molecule is CC(=O)CNC(c1ccccc1)(c1ccccc1)c1ccccc1. The number of carbonyl (C=O) groups excluding carboxylic acids is 1. The van der Waals surface area contributed by atoms with Crippen LogP contribution in [0.4, 0.5) is 0 Å². The first-order chi connectivity index (χ1) is 11.7. The average molecular weight is 315 g/mol. The summed E-state index contributed by atoms with van der Waals surface area (Å²) in [5.74, 6) is 0.113. The molecule has 3 aromatic carbocycles. The molecule has 3 aromatic rings. The van der Waals surface area contributed by atoms with E-state index in [1.54, 1.807) is 6.92 Å². The zero-order chi connectivity index (χ0) is 16.8. The van der Waals surface area contributed by atoms with Crippen molar-refractivity contribution < 1.29 is 4.79 Å². The van der Waals surface area contributed by atoms with Crippen LogP contribution in [0.25, 0.3) is 0 Å². The lowest BCUT2D eigenvalue weighted by atomic mass is 9.77. The summed E-state index contributed by atoms with van der Waals surface area (Å²) in [6.07, 6.45) is 0. The summed E-state index contributed by atoms with van der Waals surface area (Å²) in [4.78, 5) is 11.7. The molecule has 0 heterocycles.